The predicted octanol–water partition coefficient (Wildman–Crippen LogP) is 2.71. The van der Waals surface area contributed by atoms with E-state index in [1.165, 1.54) is 18.2 Å². The van der Waals surface area contributed by atoms with Crippen LogP contribution >= 0.6 is 0 Å². The number of carboxylic acid groups (broad SMARTS) is 2. The minimum atomic E-state index is -1.36. The van der Waals surface area contributed by atoms with Crippen molar-refractivity contribution in [1.82, 2.24) is 20.9 Å². The molecule has 0 unspecified atom stereocenters. The van der Waals surface area contributed by atoms with Crippen molar-refractivity contribution in [2.75, 3.05) is 13.2 Å². The Bertz CT molecular complexity index is 1260. The average Bonchev–Trinajstić information content (AvgIpc) is 2.93. The van der Waals surface area contributed by atoms with Gasteiger partial charge >= 0.3 is 18.0 Å². The number of aliphatic carboxylic acids is 1. The molecular formula is C30H40N4O9. The van der Waals surface area contributed by atoms with Crippen LogP contribution in [0.25, 0.3) is 0 Å². The van der Waals surface area contributed by atoms with Gasteiger partial charge in [0.25, 0.3) is 0 Å². The van der Waals surface area contributed by atoms with Gasteiger partial charge in [0.15, 0.2) is 6.61 Å². The number of alkyl carbamates (subject to hydrolysis) is 1. The van der Waals surface area contributed by atoms with Gasteiger partial charge in [-0.3, -0.25) is 14.6 Å². The number of unbranched alkanes of at least 4 members (excludes halogenated alkanes) is 2. The summed E-state index contributed by atoms with van der Waals surface area (Å²) in [4.78, 5) is 66.3. The molecule has 234 valence electrons. The van der Waals surface area contributed by atoms with Crippen LogP contribution < -0.4 is 20.7 Å². The van der Waals surface area contributed by atoms with E-state index < -0.39 is 54.1 Å². The number of hydrogen-bond donors (Lipinski definition) is 5. The summed E-state index contributed by atoms with van der Waals surface area (Å²) in [6.07, 6.45) is 3.19. The Labute approximate surface area is 250 Å². The highest BCUT2D eigenvalue weighted by Crippen LogP contribution is 2.21. The van der Waals surface area contributed by atoms with Crippen LogP contribution in [-0.2, 0) is 32.0 Å². The summed E-state index contributed by atoms with van der Waals surface area (Å²) in [5.41, 5.74) is -0.233. The third-order valence-electron chi connectivity index (χ3n) is 5.92. The second-order valence-corrected chi connectivity index (χ2v) is 10.8. The standard InChI is InChI=1S/C30H40N4O9/c1-5-6-8-14-32-26(37)22(16-19-11-12-24(42-18-25(35)36)21(15-19)28(39)40)33-27(38)23(17-20-10-7-9-13-31-20)34-29(41)43-30(2,3)4/h7,9-13,15,22-23H,5-6,8,14,16-18H2,1-4H3,(H,32,37)(H,33,38)(H,34,41)(H,35,36)(H,39,40)/t22-,23-/m0/s1. The van der Waals surface area contributed by atoms with Crippen molar-refractivity contribution < 1.29 is 43.7 Å². The van der Waals surface area contributed by atoms with Crippen LogP contribution in [0.4, 0.5) is 4.79 Å². The summed E-state index contributed by atoms with van der Waals surface area (Å²) in [6.45, 7) is 6.71. The van der Waals surface area contributed by atoms with Crippen LogP contribution in [0.1, 0.15) is 68.6 Å². The van der Waals surface area contributed by atoms with Crippen LogP contribution in [0.15, 0.2) is 42.6 Å². The Balaban J connectivity index is 2.34. The molecule has 0 fully saturated rings. The molecule has 0 bridgehead atoms. The van der Waals surface area contributed by atoms with Crippen molar-refractivity contribution in [3.8, 4) is 5.75 Å². The molecule has 13 nitrogen and oxygen atoms in total. The molecule has 2 rings (SSSR count). The Morgan fingerprint density at radius 2 is 1.65 bits per heavy atom. The van der Waals surface area contributed by atoms with Crippen LogP contribution in [0.2, 0.25) is 0 Å². The number of pyridine rings is 1. The number of hydrogen-bond acceptors (Lipinski definition) is 8. The second kappa shape index (κ2) is 16.7. The van der Waals surface area contributed by atoms with Gasteiger partial charge in [0.05, 0.1) is 0 Å². The average molecular weight is 601 g/mol. The number of nitrogens with one attached hydrogen (secondary N) is 3. The highest BCUT2D eigenvalue weighted by atomic mass is 16.6. The summed E-state index contributed by atoms with van der Waals surface area (Å²) in [6, 6.07) is 6.88. The maximum absolute atomic E-state index is 13.5. The number of ether oxygens (including phenoxy) is 2. The predicted molar refractivity (Wildman–Crippen MR) is 156 cm³/mol. The first kappa shape index (κ1) is 34.5. The molecule has 2 atom stereocenters. The fourth-order valence-corrected chi connectivity index (χ4v) is 3.95. The van der Waals surface area contributed by atoms with Gasteiger partial charge in [0.2, 0.25) is 11.8 Å². The second-order valence-electron chi connectivity index (χ2n) is 10.8. The first-order valence-corrected chi connectivity index (χ1v) is 14.0. The van der Waals surface area contributed by atoms with E-state index in [1.807, 2.05) is 6.92 Å². The van der Waals surface area contributed by atoms with Gasteiger partial charge in [0.1, 0.15) is 29.0 Å². The lowest BCUT2D eigenvalue weighted by molar-refractivity contribution is -0.139. The number of carbonyl (C=O) groups is 5. The van der Waals surface area contributed by atoms with Crippen molar-refractivity contribution >= 4 is 29.8 Å². The lowest BCUT2D eigenvalue weighted by Crippen LogP contribution is -2.55. The normalized spacial score (nSPS) is 12.4. The number of rotatable bonds is 16. The van der Waals surface area contributed by atoms with Crippen molar-refractivity contribution in [1.29, 1.82) is 0 Å². The monoisotopic (exact) mass is 600 g/mol. The third kappa shape index (κ3) is 12.8. The maximum Gasteiger partial charge on any atom is 0.408 e. The van der Waals surface area contributed by atoms with Gasteiger partial charge in [-0.2, -0.15) is 0 Å². The SMILES string of the molecule is CCCCCNC(=O)[C@H](Cc1ccc(OCC(=O)O)c(C(=O)O)c1)NC(=O)[C@H](Cc1ccccn1)NC(=O)OC(C)(C)C. The van der Waals surface area contributed by atoms with Crippen LogP contribution in [-0.4, -0.2) is 75.9 Å². The van der Waals surface area contributed by atoms with E-state index in [0.717, 1.165) is 19.3 Å². The zero-order valence-electron chi connectivity index (χ0n) is 24.8. The molecule has 3 amide bonds. The fourth-order valence-electron chi connectivity index (χ4n) is 3.95. The van der Waals surface area contributed by atoms with Crippen molar-refractivity contribution in [3.05, 3.63) is 59.4 Å². The maximum atomic E-state index is 13.5. The van der Waals surface area contributed by atoms with E-state index in [4.69, 9.17) is 14.6 Å². The topological polar surface area (TPSA) is 193 Å². The molecule has 0 spiro atoms. The lowest BCUT2D eigenvalue weighted by Gasteiger charge is -2.25. The molecule has 13 heteroatoms. The number of carbonyl (C=O) groups excluding carboxylic acids is 3. The molecule has 1 aromatic heterocycles. The van der Waals surface area contributed by atoms with Gasteiger partial charge in [-0.15, -0.1) is 0 Å². The number of carboxylic acids is 2. The zero-order valence-corrected chi connectivity index (χ0v) is 24.8. The van der Waals surface area contributed by atoms with Gasteiger partial charge in [-0.05, 0) is 57.0 Å². The first-order valence-electron chi connectivity index (χ1n) is 14.0. The molecule has 1 heterocycles. The minimum Gasteiger partial charge on any atom is -0.481 e. The molecule has 43 heavy (non-hydrogen) atoms. The van der Waals surface area contributed by atoms with E-state index in [2.05, 4.69) is 20.9 Å². The van der Waals surface area contributed by atoms with Gasteiger partial charge < -0.3 is 35.6 Å². The molecule has 0 aliphatic heterocycles. The molecule has 0 radical (unpaired) electrons. The number of benzene rings is 1. The summed E-state index contributed by atoms with van der Waals surface area (Å²) >= 11 is 0. The van der Waals surface area contributed by atoms with E-state index in [0.29, 0.717) is 17.8 Å². The number of nitrogens with zero attached hydrogens (tertiary/aromatic N) is 1. The molecule has 0 saturated heterocycles. The van der Waals surface area contributed by atoms with Crippen molar-refractivity contribution in [2.24, 2.45) is 0 Å². The molecule has 1 aromatic carbocycles. The minimum absolute atomic E-state index is 0.00946. The largest absolute Gasteiger partial charge is 0.481 e. The Morgan fingerprint density at radius 1 is 0.930 bits per heavy atom. The van der Waals surface area contributed by atoms with E-state index >= 15 is 0 Å². The zero-order chi connectivity index (χ0) is 32.0. The summed E-state index contributed by atoms with van der Waals surface area (Å²) in [5.74, 6) is -3.96. The fraction of sp³-hybridized carbons (Fsp3) is 0.467. The van der Waals surface area contributed by atoms with Crippen LogP contribution in [0.5, 0.6) is 5.75 Å². The van der Waals surface area contributed by atoms with E-state index in [1.54, 1.807) is 45.2 Å². The smallest absolute Gasteiger partial charge is 0.408 e. The summed E-state index contributed by atoms with van der Waals surface area (Å²) in [5, 5.41) is 26.6. The van der Waals surface area contributed by atoms with Crippen molar-refractivity contribution in [3.63, 3.8) is 0 Å². The third-order valence-corrected chi connectivity index (χ3v) is 5.92. The Kier molecular flexibility index (Phi) is 13.4. The first-order chi connectivity index (χ1) is 20.3. The summed E-state index contributed by atoms with van der Waals surface area (Å²) in [7, 11) is 0. The number of amides is 3. The molecule has 0 aliphatic carbocycles. The Hall–Kier alpha value is -4.68. The molecule has 5 N–H and O–H groups in total. The van der Waals surface area contributed by atoms with Crippen LogP contribution in [0, 0.1) is 0 Å². The van der Waals surface area contributed by atoms with Gasteiger partial charge in [-0.1, -0.05) is 31.9 Å². The highest BCUT2D eigenvalue weighted by Gasteiger charge is 2.29. The van der Waals surface area contributed by atoms with Crippen LogP contribution in [0.3, 0.4) is 0 Å². The lowest BCUT2D eigenvalue weighted by atomic mass is 10.0. The molecule has 0 saturated carbocycles. The summed E-state index contributed by atoms with van der Waals surface area (Å²) < 4.78 is 10.4. The number of aromatic nitrogens is 1. The van der Waals surface area contributed by atoms with Crippen molar-refractivity contribution in [2.45, 2.75) is 77.5 Å². The van der Waals surface area contributed by atoms with Gasteiger partial charge in [-0.25, -0.2) is 14.4 Å². The Morgan fingerprint density at radius 3 is 2.26 bits per heavy atom. The number of aromatic carboxylic acids is 1. The van der Waals surface area contributed by atoms with Gasteiger partial charge in [0, 0.05) is 31.3 Å². The molecular weight excluding hydrogens is 560 g/mol. The highest BCUT2D eigenvalue weighted by molar-refractivity contribution is 5.93. The van der Waals surface area contributed by atoms with E-state index in [9.17, 15) is 29.1 Å². The quantitative estimate of drug-likeness (QED) is 0.179. The van der Waals surface area contributed by atoms with E-state index in [-0.39, 0.29) is 24.2 Å². The molecule has 0 aliphatic rings. The molecule has 2 aromatic rings.